The number of nitrogens with two attached hydrogens (primary N) is 1. The maximum atomic E-state index is 10.1. The predicted octanol–water partition coefficient (Wildman–Crippen LogP) is 1.81. The molecule has 2 nitrogen and oxygen atoms in total. The van der Waals surface area contributed by atoms with Crippen LogP contribution in [0.25, 0.3) is 0 Å². The number of hydrogen-bond donors (Lipinski definition) is 2. The van der Waals surface area contributed by atoms with E-state index >= 15 is 0 Å². The van der Waals surface area contributed by atoms with E-state index in [1.807, 2.05) is 6.92 Å². The first-order valence-corrected chi connectivity index (χ1v) is 5.10. The fourth-order valence-electron chi connectivity index (χ4n) is 2.19. The summed E-state index contributed by atoms with van der Waals surface area (Å²) in [6, 6.07) is 0.132. The van der Waals surface area contributed by atoms with Gasteiger partial charge in [0, 0.05) is 6.04 Å². The van der Waals surface area contributed by atoms with Gasteiger partial charge in [0.25, 0.3) is 0 Å². The molecule has 0 aromatic rings. The Morgan fingerprint density at radius 3 is 2.17 bits per heavy atom. The van der Waals surface area contributed by atoms with Crippen LogP contribution in [0.3, 0.4) is 0 Å². The topological polar surface area (TPSA) is 46.2 Å². The summed E-state index contributed by atoms with van der Waals surface area (Å²) in [5.41, 5.74) is 5.26. The molecule has 1 aliphatic rings. The van der Waals surface area contributed by atoms with Crippen LogP contribution >= 0.6 is 0 Å². The third-order valence-corrected chi connectivity index (χ3v) is 2.74. The third-order valence-electron chi connectivity index (χ3n) is 2.74. The van der Waals surface area contributed by atoms with Gasteiger partial charge in [0.1, 0.15) is 0 Å². The van der Waals surface area contributed by atoms with Crippen molar-refractivity contribution < 1.29 is 5.11 Å². The Hall–Kier alpha value is -0.0800. The minimum atomic E-state index is -0.440. The maximum Gasteiger partial charge on any atom is 0.0662 e. The third kappa shape index (κ3) is 3.11. The molecule has 1 saturated carbocycles. The number of aliphatic hydroxyl groups is 1. The Kier molecular flexibility index (Phi) is 3.53. The average molecular weight is 171 g/mol. The van der Waals surface area contributed by atoms with Crippen LogP contribution in [0.1, 0.15) is 51.9 Å². The summed E-state index contributed by atoms with van der Waals surface area (Å²) < 4.78 is 0. The smallest absolute Gasteiger partial charge is 0.0662 e. The molecule has 1 aliphatic carbocycles. The molecule has 72 valence electrons. The lowest BCUT2D eigenvalue weighted by atomic mass is 9.88. The largest absolute Gasteiger partial charge is 0.390 e. The highest BCUT2D eigenvalue weighted by Gasteiger charge is 2.28. The molecule has 2 heteroatoms. The molecule has 3 N–H and O–H groups in total. The van der Waals surface area contributed by atoms with Crippen molar-refractivity contribution >= 4 is 0 Å². The Morgan fingerprint density at radius 1 is 1.25 bits per heavy atom. The first-order valence-electron chi connectivity index (χ1n) is 5.10. The van der Waals surface area contributed by atoms with Gasteiger partial charge in [-0.05, 0) is 26.2 Å². The molecular formula is C10H21NO. The minimum absolute atomic E-state index is 0.132. The fraction of sp³-hybridized carbons (Fsp3) is 1.00. The molecule has 12 heavy (non-hydrogen) atoms. The minimum Gasteiger partial charge on any atom is -0.390 e. The molecule has 0 saturated heterocycles. The monoisotopic (exact) mass is 171 g/mol. The number of hydrogen-bond acceptors (Lipinski definition) is 2. The van der Waals surface area contributed by atoms with Gasteiger partial charge in [0.15, 0.2) is 0 Å². The second-order valence-corrected chi connectivity index (χ2v) is 4.32. The zero-order valence-corrected chi connectivity index (χ0v) is 8.05. The van der Waals surface area contributed by atoms with Gasteiger partial charge >= 0.3 is 0 Å². The Bertz CT molecular complexity index is 126. The SMILES string of the molecule is CC(N)CC1(O)CCCCCC1. The highest BCUT2D eigenvalue weighted by atomic mass is 16.3. The van der Waals surface area contributed by atoms with Gasteiger partial charge in [0.2, 0.25) is 0 Å². The molecule has 0 aliphatic heterocycles. The lowest BCUT2D eigenvalue weighted by molar-refractivity contribution is 0.0118. The van der Waals surface area contributed by atoms with Crippen molar-refractivity contribution in [1.29, 1.82) is 0 Å². The van der Waals surface area contributed by atoms with Crippen LogP contribution in [0, 0.1) is 0 Å². The maximum absolute atomic E-state index is 10.1. The molecule has 1 rings (SSSR count). The molecule has 0 spiro atoms. The van der Waals surface area contributed by atoms with Crippen LogP contribution in [0.5, 0.6) is 0 Å². The lowest BCUT2D eigenvalue weighted by Crippen LogP contribution is -2.35. The molecule has 0 aromatic heterocycles. The second kappa shape index (κ2) is 4.24. The summed E-state index contributed by atoms with van der Waals surface area (Å²) in [5.74, 6) is 0. The summed E-state index contributed by atoms with van der Waals surface area (Å²) in [4.78, 5) is 0. The van der Waals surface area contributed by atoms with Crippen molar-refractivity contribution in [3.8, 4) is 0 Å². The molecule has 0 radical (unpaired) electrons. The molecule has 1 atom stereocenters. The van der Waals surface area contributed by atoms with Crippen LogP contribution in [-0.4, -0.2) is 16.7 Å². The van der Waals surface area contributed by atoms with E-state index in [1.54, 1.807) is 0 Å². The molecular weight excluding hydrogens is 150 g/mol. The first kappa shape index (κ1) is 10.0. The molecule has 1 unspecified atom stereocenters. The summed E-state index contributed by atoms with van der Waals surface area (Å²) in [6.07, 6.45) is 7.57. The summed E-state index contributed by atoms with van der Waals surface area (Å²) in [7, 11) is 0. The molecule has 0 heterocycles. The van der Waals surface area contributed by atoms with Crippen LogP contribution in [0.15, 0.2) is 0 Å². The van der Waals surface area contributed by atoms with Crippen molar-refractivity contribution in [2.45, 2.75) is 63.5 Å². The highest BCUT2D eigenvalue weighted by Crippen LogP contribution is 2.30. The van der Waals surface area contributed by atoms with Crippen molar-refractivity contribution in [3.05, 3.63) is 0 Å². The van der Waals surface area contributed by atoms with E-state index < -0.39 is 5.60 Å². The summed E-state index contributed by atoms with van der Waals surface area (Å²) in [6.45, 7) is 1.98. The quantitative estimate of drug-likeness (QED) is 0.622. The lowest BCUT2D eigenvalue weighted by Gasteiger charge is -2.28. The van der Waals surface area contributed by atoms with E-state index in [2.05, 4.69) is 0 Å². The van der Waals surface area contributed by atoms with Gasteiger partial charge in [-0.2, -0.15) is 0 Å². The fourth-order valence-corrected chi connectivity index (χ4v) is 2.19. The zero-order chi connectivity index (χ0) is 9.03. The van der Waals surface area contributed by atoms with E-state index in [-0.39, 0.29) is 6.04 Å². The van der Waals surface area contributed by atoms with Gasteiger partial charge in [-0.1, -0.05) is 25.7 Å². The predicted molar refractivity (Wildman–Crippen MR) is 50.9 cm³/mol. The second-order valence-electron chi connectivity index (χ2n) is 4.32. The van der Waals surface area contributed by atoms with Crippen molar-refractivity contribution in [2.24, 2.45) is 5.73 Å². The first-order chi connectivity index (χ1) is 5.62. The molecule has 1 fully saturated rings. The van der Waals surface area contributed by atoms with Crippen molar-refractivity contribution in [2.75, 3.05) is 0 Å². The van der Waals surface area contributed by atoms with E-state index in [9.17, 15) is 5.11 Å². The number of rotatable bonds is 2. The van der Waals surface area contributed by atoms with E-state index in [0.717, 1.165) is 19.3 Å². The Balaban J connectivity index is 2.42. The van der Waals surface area contributed by atoms with Gasteiger partial charge in [-0.25, -0.2) is 0 Å². The molecule has 0 aromatic carbocycles. The van der Waals surface area contributed by atoms with Crippen LogP contribution in [-0.2, 0) is 0 Å². The van der Waals surface area contributed by atoms with Crippen LogP contribution in [0.4, 0.5) is 0 Å². The van der Waals surface area contributed by atoms with Crippen LogP contribution in [0.2, 0.25) is 0 Å². The zero-order valence-electron chi connectivity index (χ0n) is 8.05. The van der Waals surface area contributed by atoms with E-state index in [0.29, 0.717) is 0 Å². The summed E-state index contributed by atoms with van der Waals surface area (Å²) >= 11 is 0. The van der Waals surface area contributed by atoms with Crippen molar-refractivity contribution in [1.82, 2.24) is 0 Å². The van der Waals surface area contributed by atoms with Crippen molar-refractivity contribution in [3.63, 3.8) is 0 Å². The standard InChI is InChI=1S/C10H21NO/c1-9(11)8-10(12)6-4-2-3-5-7-10/h9,12H,2-8,11H2,1H3. The molecule has 0 amide bonds. The van der Waals surface area contributed by atoms with Gasteiger partial charge in [-0.3, -0.25) is 0 Å². The average Bonchev–Trinajstić information content (AvgIpc) is 2.12. The summed E-state index contributed by atoms with van der Waals surface area (Å²) in [5, 5.41) is 10.1. The van der Waals surface area contributed by atoms with E-state index in [1.165, 1.54) is 25.7 Å². The molecule has 0 bridgehead atoms. The van der Waals surface area contributed by atoms with Gasteiger partial charge in [-0.15, -0.1) is 0 Å². The van der Waals surface area contributed by atoms with Gasteiger partial charge < -0.3 is 10.8 Å². The van der Waals surface area contributed by atoms with Crippen LogP contribution < -0.4 is 5.73 Å². The Labute approximate surface area is 75.2 Å². The highest BCUT2D eigenvalue weighted by molar-refractivity contribution is 4.83. The Morgan fingerprint density at radius 2 is 1.75 bits per heavy atom. The van der Waals surface area contributed by atoms with E-state index in [4.69, 9.17) is 5.73 Å². The van der Waals surface area contributed by atoms with Gasteiger partial charge in [0.05, 0.1) is 5.60 Å². The normalized spacial score (nSPS) is 26.2.